The summed E-state index contributed by atoms with van der Waals surface area (Å²) in [6, 6.07) is 2.49. The van der Waals surface area contributed by atoms with Gasteiger partial charge in [-0.3, -0.25) is 4.84 Å². The Morgan fingerprint density at radius 1 is 1.38 bits per heavy atom. The van der Waals surface area contributed by atoms with Crippen LogP contribution in [0.1, 0.15) is 5.56 Å². The number of hydrazine groups is 1. The van der Waals surface area contributed by atoms with E-state index in [2.05, 4.69) is 14.9 Å². The number of carbonyl (C=O) groups is 1. The molecule has 0 radical (unpaired) electrons. The molecule has 1 saturated heterocycles. The zero-order chi connectivity index (χ0) is 21.3. The molecule has 1 aromatic carbocycles. The first-order chi connectivity index (χ1) is 13.6. The van der Waals surface area contributed by atoms with E-state index in [0.717, 1.165) is 6.08 Å². The lowest BCUT2D eigenvalue weighted by molar-refractivity contribution is -0.949. The minimum Gasteiger partial charge on any atom is -0.474 e. The van der Waals surface area contributed by atoms with E-state index in [1.54, 1.807) is 0 Å². The first-order valence-corrected chi connectivity index (χ1v) is 8.68. The Labute approximate surface area is 171 Å². The molecule has 2 heterocycles. The smallest absolute Gasteiger partial charge is 0.430 e. The Bertz CT molecular complexity index is 874. The van der Waals surface area contributed by atoms with Crippen LogP contribution in [0.2, 0.25) is 10.0 Å². The monoisotopic (exact) mass is 458 g/mol. The lowest BCUT2D eigenvalue weighted by Gasteiger charge is -2.28. The summed E-state index contributed by atoms with van der Waals surface area (Å²) in [6.07, 6.45) is -7.26. The Morgan fingerprint density at radius 3 is 2.69 bits per heavy atom. The van der Waals surface area contributed by atoms with Crippen LogP contribution in [0.5, 0.6) is 5.75 Å². The van der Waals surface area contributed by atoms with Gasteiger partial charge in [0, 0.05) is 10.6 Å². The number of hydrogen-bond donors (Lipinski definition) is 2. The zero-order valence-corrected chi connectivity index (χ0v) is 15.8. The second-order valence-corrected chi connectivity index (χ2v) is 6.84. The van der Waals surface area contributed by atoms with Gasteiger partial charge in [0.1, 0.15) is 24.9 Å². The highest BCUT2D eigenvalue weighted by atomic mass is 35.5. The summed E-state index contributed by atoms with van der Waals surface area (Å²) in [7, 11) is 0. The van der Waals surface area contributed by atoms with Gasteiger partial charge in [-0.05, 0) is 18.2 Å². The van der Waals surface area contributed by atoms with Crippen LogP contribution in [0.4, 0.5) is 13.2 Å². The first-order valence-electron chi connectivity index (χ1n) is 7.92. The van der Waals surface area contributed by atoms with E-state index in [1.807, 2.05) is 0 Å². The van der Waals surface area contributed by atoms with Crippen molar-refractivity contribution < 1.29 is 47.6 Å². The fourth-order valence-corrected chi connectivity index (χ4v) is 3.07. The summed E-state index contributed by atoms with van der Waals surface area (Å²) in [4.78, 5) is 16.9. The number of fused-ring (bicyclic) bond motifs is 1. The highest BCUT2D eigenvalue weighted by Crippen LogP contribution is 2.42. The van der Waals surface area contributed by atoms with E-state index in [0.29, 0.717) is 0 Å². The molecular weight excluding hydrogens is 446 g/mol. The number of halogens is 5. The minimum absolute atomic E-state index is 0.0680. The first kappa shape index (κ1) is 21.3. The summed E-state index contributed by atoms with van der Waals surface area (Å²) in [5.41, 5.74) is -0.780. The summed E-state index contributed by atoms with van der Waals surface area (Å²) in [5, 5.41) is 22.8. The van der Waals surface area contributed by atoms with E-state index in [4.69, 9.17) is 33.0 Å². The molecule has 2 N–H and O–H groups in total. The number of esters is 1. The van der Waals surface area contributed by atoms with Gasteiger partial charge in [-0.25, -0.2) is 10.0 Å². The number of aliphatic hydroxyl groups excluding tert-OH is 1. The number of ether oxygens (including phenoxy) is 2. The average molecular weight is 459 g/mol. The molecule has 29 heavy (non-hydrogen) atoms. The number of rotatable bonds is 5. The number of alkyl halides is 3. The Morgan fingerprint density at radius 2 is 2.07 bits per heavy atom. The van der Waals surface area contributed by atoms with Crippen molar-refractivity contribution in [2.75, 3.05) is 19.9 Å². The number of nitrogens with zero attached hydrogens (tertiary/aromatic N) is 3. The SMILES string of the molecule is O=C(OCO/N=[N+](\O)N1CC(O)C1)C1=Cc2cc(Cl)cc(Cl)c2O[C@@H]1C(F)(F)F. The number of aliphatic hydroxyl groups is 1. The van der Waals surface area contributed by atoms with Gasteiger partial charge in [-0.1, -0.05) is 23.2 Å². The molecule has 0 aliphatic carbocycles. The minimum atomic E-state index is -4.93. The van der Waals surface area contributed by atoms with Crippen LogP contribution in [0.15, 0.2) is 23.0 Å². The van der Waals surface area contributed by atoms with E-state index in [1.165, 1.54) is 17.1 Å². The molecule has 158 valence electrons. The molecule has 0 amide bonds. The van der Waals surface area contributed by atoms with Crippen molar-refractivity contribution in [3.05, 3.63) is 33.3 Å². The molecule has 1 fully saturated rings. The zero-order valence-electron chi connectivity index (χ0n) is 14.3. The second kappa shape index (κ2) is 8.13. The Kier molecular flexibility index (Phi) is 5.96. The molecule has 14 heteroatoms. The van der Waals surface area contributed by atoms with Crippen molar-refractivity contribution in [2.45, 2.75) is 18.4 Å². The van der Waals surface area contributed by atoms with Crippen molar-refractivity contribution in [1.82, 2.24) is 5.01 Å². The van der Waals surface area contributed by atoms with E-state index < -0.39 is 36.7 Å². The van der Waals surface area contributed by atoms with Gasteiger partial charge < -0.3 is 14.6 Å². The highest BCUT2D eigenvalue weighted by Gasteiger charge is 2.49. The number of carbonyl (C=O) groups excluding carboxylic acids is 1. The van der Waals surface area contributed by atoms with Gasteiger partial charge in [0.2, 0.25) is 6.10 Å². The third-order valence-corrected chi connectivity index (χ3v) is 4.37. The molecular formula is C15H13Cl2F3N3O6+. The largest absolute Gasteiger partial charge is 0.474 e. The predicted molar refractivity (Wildman–Crippen MR) is 89.0 cm³/mol. The summed E-state index contributed by atoms with van der Waals surface area (Å²) in [6.45, 7) is -0.687. The van der Waals surface area contributed by atoms with Gasteiger partial charge in [0.05, 0.1) is 10.6 Å². The van der Waals surface area contributed by atoms with Crippen molar-refractivity contribution in [1.29, 1.82) is 0 Å². The molecule has 2 aliphatic heterocycles. The molecule has 0 aromatic heterocycles. The average Bonchev–Trinajstić information content (AvgIpc) is 2.60. The standard InChI is InChI=1S/C15H13Cl2F3N3O6/c16-8-1-7-2-10(13(15(18,19)20)29-12(7)11(17)3-8)14(25)27-6-28-21-23(26)22-4-9(24)5-22/h1-3,9,13,24H,4-6H2,(H,21,26)/q+1/t13-/m0/s1. The quantitative estimate of drug-likeness (QED) is 0.174. The van der Waals surface area contributed by atoms with Crippen LogP contribution in [0.3, 0.4) is 0 Å². The summed E-state index contributed by atoms with van der Waals surface area (Å²) in [5.74, 6) is -1.65. The predicted octanol–water partition coefficient (Wildman–Crippen LogP) is 2.58. The second-order valence-electron chi connectivity index (χ2n) is 6.00. The van der Waals surface area contributed by atoms with Crippen LogP contribution < -0.4 is 4.74 Å². The normalized spacial score (nSPS) is 19.7. The molecule has 2 aliphatic rings. The fraction of sp³-hybridized carbons (Fsp3) is 0.400. The number of benzene rings is 1. The number of β-amino-alcohol motifs (C(OH)–C–C–N with tert-alkyl or cyclic N) is 1. The lowest BCUT2D eigenvalue weighted by Crippen LogP contribution is -2.54. The molecule has 0 spiro atoms. The number of hydrogen-bond acceptors (Lipinski definition) is 6. The van der Waals surface area contributed by atoms with Crippen LogP contribution in [-0.4, -0.2) is 64.5 Å². The molecule has 0 unspecified atom stereocenters. The van der Waals surface area contributed by atoms with E-state index in [-0.39, 0.29) is 39.4 Å². The fourth-order valence-electron chi connectivity index (χ4n) is 2.51. The van der Waals surface area contributed by atoms with Crippen LogP contribution in [-0.2, 0) is 14.4 Å². The van der Waals surface area contributed by atoms with Crippen LogP contribution in [0, 0.1) is 0 Å². The van der Waals surface area contributed by atoms with Crippen LogP contribution >= 0.6 is 23.2 Å². The maximum absolute atomic E-state index is 13.4. The van der Waals surface area contributed by atoms with E-state index in [9.17, 15) is 23.2 Å². The summed E-state index contributed by atoms with van der Waals surface area (Å²) >= 11 is 11.7. The maximum Gasteiger partial charge on any atom is 0.430 e. The van der Waals surface area contributed by atoms with Crippen molar-refractivity contribution >= 4 is 35.2 Å². The molecule has 1 aromatic rings. The Balaban J connectivity index is 1.71. The Hall–Kier alpha value is -2.44. The van der Waals surface area contributed by atoms with Crippen LogP contribution in [0.25, 0.3) is 6.08 Å². The van der Waals surface area contributed by atoms with Crippen molar-refractivity contribution in [3.63, 3.8) is 0 Å². The highest BCUT2D eigenvalue weighted by molar-refractivity contribution is 6.36. The van der Waals surface area contributed by atoms with Gasteiger partial charge in [-0.2, -0.15) is 13.2 Å². The van der Waals surface area contributed by atoms with Gasteiger partial charge in [0.25, 0.3) is 17.0 Å². The van der Waals surface area contributed by atoms with Crippen molar-refractivity contribution in [2.24, 2.45) is 5.28 Å². The third kappa shape index (κ3) is 4.77. The molecule has 0 bridgehead atoms. The summed E-state index contributed by atoms with van der Waals surface area (Å²) < 4.78 is 49.6. The van der Waals surface area contributed by atoms with Gasteiger partial charge >= 0.3 is 12.1 Å². The topological polar surface area (TPSA) is 104 Å². The molecule has 9 nitrogen and oxygen atoms in total. The van der Waals surface area contributed by atoms with E-state index >= 15 is 0 Å². The van der Waals surface area contributed by atoms with Gasteiger partial charge in [0.15, 0.2) is 0 Å². The molecule has 1 atom stereocenters. The molecule has 3 rings (SSSR count). The maximum atomic E-state index is 13.4. The van der Waals surface area contributed by atoms with Crippen molar-refractivity contribution in [3.8, 4) is 5.75 Å². The lowest BCUT2D eigenvalue weighted by atomic mass is 10.0. The van der Waals surface area contributed by atoms with Gasteiger partial charge in [-0.15, -0.1) is 5.01 Å². The third-order valence-electron chi connectivity index (χ3n) is 3.87. The molecule has 0 saturated carbocycles.